The molecule has 2 aromatic rings. The Hall–Kier alpha value is -1.29. The molecule has 112 valence electrons. The average molecular weight is 300 g/mol. The molecular weight excluding hydrogens is 276 g/mol. The van der Waals surface area contributed by atoms with E-state index in [9.17, 15) is 0 Å². The predicted octanol–water partition coefficient (Wildman–Crippen LogP) is 3.63. The molecule has 0 aliphatic rings. The van der Waals surface area contributed by atoms with E-state index in [-0.39, 0.29) is 0 Å². The van der Waals surface area contributed by atoms with Crippen LogP contribution in [0.25, 0.3) is 0 Å². The molecule has 0 bridgehead atoms. The van der Waals surface area contributed by atoms with Gasteiger partial charge in [0, 0.05) is 23.7 Å². The van der Waals surface area contributed by atoms with Crippen LogP contribution in [0.1, 0.15) is 12.0 Å². The van der Waals surface area contributed by atoms with E-state index in [0.29, 0.717) is 0 Å². The molecular formula is C18H24N2S. The molecule has 0 amide bonds. The van der Waals surface area contributed by atoms with Crippen molar-refractivity contribution in [3.05, 3.63) is 66.2 Å². The second kappa shape index (κ2) is 9.61. The quantitative estimate of drug-likeness (QED) is 0.717. The van der Waals surface area contributed by atoms with Crippen LogP contribution in [-0.2, 0) is 6.54 Å². The maximum atomic E-state index is 5.66. The highest BCUT2D eigenvalue weighted by Crippen LogP contribution is 2.17. The topological polar surface area (TPSA) is 29.3 Å². The molecule has 0 saturated carbocycles. The molecule has 0 radical (unpaired) electrons. The predicted molar refractivity (Wildman–Crippen MR) is 92.6 cm³/mol. The van der Waals surface area contributed by atoms with Crippen LogP contribution < -0.4 is 5.73 Å². The standard InChI is InChI=1S/C18H24N2S/c19-12-7-13-20(16-17-8-3-1-4-9-17)14-15-21-18-10-5-2-6-11-18/h1-6,8-11H,7,12-16,19H2. The molecule has 21 heavy (non-hydrogen) atoms. The van der Waals surface area contributed by atoms with Gasteiger partial charge in [0.05, 0.1) is 0 Å². The number of hydrogen-bond acceptors (Lipinski definition) is 3. The lowest BCUT2D eigenvalue weighted by atomic mass is 10.2. The van der Waals surface area contributed by atoms with Crippen molar-refractivity contribution < 1.29 is 0 Å². The molecule has 0 fully saturated rings. The van der Waals surface area contributed by atoms with Gasteiger partial charge in [-0.05, 0) is 37.2 Å². The largest absolute Gasteiger partial charge is 0.330 e. The van der Waals surface area contributed by atoms with Crippen LogP contribution in [0.5, 0.6) is 0 Å². The van der Waals surface area contributed by atoms with Gasteiger partial charge in [-0.1, -0.05) is 48.5 Å². The second-order valence-electron chi connectivity index (χ2n) is 5.07. The Labute approximate surface area is 132 Å². The summed E-state index contributed by atoms with van der Waals surface area (Å²) in [6, 6.07) is 21.3. The third-order valence-electron chi connectivity index (χ3n) is 3.35. The van der Waals surface area contributed by atoms with E-state index in [1.807, 2.05) is 11.8 Å². The highest BCUT2D eigenvalue weighted by Gasteiger charge is 2.05. The summed E-state index contributed by atoms with van der Waals surface area (Å²) < 4.78 is 0. The molecule has 2 nitrogen and oxygen atoms in total. The Balaban J connectivity index is 1.81. The zero-order valence-electron chi connectivity index (χ0n) is 12.4. The molecule has 2 N–H and O–H groups in total. The molecule has 2 rings (SSSR count). The number of nitrogens with two attached hydrogens (primary N) is 1. The van der Waals surface area contributed by atoms with Crippen LogP contribution in [-0.4, -0.2) is 30.3 Å². The molecule has 0 saturated heterocycles. The minimum Gasteiger partial charge on any atom is -0.330 e. The van der Waals surface area contributed by atoms with Gasteiger partial charge >= 0.3 is 0 Å². The molecule has 0 aromatic heterocycles. The van der Waals surface area contributed by atoms with E-state index in [2.05, 4.69) is 65.6 Å². The smallest absolute Gasteiger partial charge is 0.0234 e. The molecule has 0 heterocycles. The summed E-state index contributed by atoms with van der Waals surface area (Å²) in [5.74, 6) is 1.11. The number of thioether (sulfide) groups is 1. The van der Waals surface area contributed by atoms with Crippen molar-refractivity contribution in [2.45, 2.75) is 17.9 Å². The summed E-state index contributed by atoms with van der Waals surface area (Å²) in [5, 5.41) is 0. The highest BCUT2D eigenvalue weighted by atomic mass is 32.2. The number of benzene rings is 2. The summed E-state index contributed by atoms with van der Waals surface area (Å²) >= 11 is 1.92. The second-order valence-corrected chi connectivity index (χ2v) is 6.23. The van der Waals surface area contributed by atoms with Crippen molar-refractivity contribution >= 4 is 11.8 Å². The first kappa shape index (κ1) is 16.1. The van der Waals surface area contributed by atoms with Crippen LogP contribution in [0.3, 0.4) is 0 Å². The van der Waals surface area contributed by atoms with E-state index in [1.54, 1.807) is 0 Å². The van der Waals surface area contributed by atoms with E-state index in [1.165, 1.54) is 10.5 Å². The van der Waals surface area contributed by atoms with Crippen molar-refractivity contribution in [3.8, 4) is 0 Å². The van der Waals surface area contributed by atoms with E-state index < -0.39 is 0 Å². The maximum absolute atomic E-state index is 5.66. The van der Waals surface area contributed by atoms with E-state index in [0.717, 1.165) is 38.4 Å². The molecule has 2 aromatic carbocycles. The van der Waals surface area contributed by atoms with Gasteiger partial charge in [0.25, 0.3) is 0 Å². The Morgan fingerprint density at radius 3 is 2.19 bits per heavy atom. The lowest BCUT2D eigenvalue weighted by molar-refractivity contribution is 0.280. The summed E-state index contributed by atoms with van der Waals surface area (Å²) in [7, 11) is 0. The summed E-state index contributed by atoms with van der Waals surface area (Å²) in [5.41, 5.74) is 7.03. The third-order valence-corrected chi connectivity index (χ3v) is 4.34. The minimum atomic E-state index is 0.761. The van der Waals surface area contributed by atoms with E-state index >= 15 is 0 Å². The van der Waals surface area contributed by atoms with Gasteiger partial charge in [0.1, 0.15) is 0 Å². The Morgan fingerprint density at radius 2 is 1.52 bits per heavy atom. The van der Waals surface area contributed by atoms with Crippen molar-refractivity contribution in [2.75, 3.05) is 25.4 Å². The minimum absolute atomic E-state index is 0.761. The molecule has 0 aliphatic heterocycles. The summed E-state index contributed by atoms with van der Waals surface area (Å²) in [6.45, 7) is 3.93. The van der Waals surface area contributed by atoms with Crippen molar-refractivity contribution in [1.29, 1.82) is 0 Å². The first-order valence-electron chi connectivity index (χ1n) is 7.52. The maximum Gasteiger partial charge on any atom is 0.0234 e. The summed E-state index contributed by atoms with van der Waals surface area (Å²) in [6.07, 6.45) is 1.06. The molecule has 3 heteroatoms. The molecule has 0 spiro atoms. The normalized spacial score (nSPS) is 11.0. The van der Waals surface area contributed by atoms with Gasteiger partial charge < -0.3 is 5.73 Å². The highest BCUT2D eigenvalue weighted by molar-refractivity contribution is 7.99. The number of hydrogen-bond donors (Lipinski definition) is 1. The van der Waals surface area contributed by atoms with Crippen LogP contribution >= 0.6 is 11.8 Å². The molecule has 0 atom stereocenters. The fourth-order valence-corrected chi connectivity index (χ4v) is 3.17. The Morgan fingerprint density at radius 1 is 0.857 bits per heavy atom. The van der Waals surface area contributed by atoms with Crippen LogP contribution in [0.4, 0.5) is 0 Å². The summed E-state index contributed by atoms with van der Waals surface area (Å²) in [4.78, 5) is 3.84. The van der Waals surface area contributed by atoms with Gasteiger partial charge in [-0.3, -0.25) is 4.90 Å². The fourth-order valence-electron chi connectivity index (χ4n) is 2.24. The first-order chi connectivity index (χ1) is 10.4. The zero-order chi connectivity index (χ0) is 14.8. The van der Waals surface area contributed by atoms with Crippen LogP contribution in [0.15, 0.2) is 65.6 Å². The average Bonchev–Trinajstić information content (AvgIpc) is 2.54. The van der Waals surface area contributed by atoms with Crippen molar-refractivity contribution in [3.63, 3.8) is 0 Å². The van der Waals surface area contributed by atoms with Crippen LogP contribution in [0, 0.1) is 0 Å². The number of nitrogens with zero attached hydrogens (tertiary/aromatic N) is 1. The molecule has 0 aliphatic carbocycles. The Bertz CT molecular complexity index is 487. The van der Waals surface area contributed by atoms with Crippen molar-refractivity contribution in [2.24, 2.45) is 5.73 Å². The fraction of sp³-hybridized carbons (Fsp3) is 0.333. The lowest BCUT2D eigenvalue weighted by Crippen LogP contribution is -2.28. The SMILES string of the molecule is NCCCN(CCSc1ccccc1)Cc1ccccc1. The van der Waals surface area contributed by atoms with Gasteiger partial charge in [0.2, 0.25) is 0 Å². The van der Waals surface area contributed by atoms with Gasteiger partial charge in [-0.15, -0.1) is 11.8 Å². The Kier molecular flexibility index (Phi) is 7.36. The van der Waals surface area contributed by atoms with Crippen molar-refractivity contribution in [1.82, 2.24) is 4.90 Å². The van der Waals surface area contributed by atoms with Gasteiger partial charge in [0.15, 0.2) is 0 Å². The monoisotopic (exact) mass is 300 g/mol. The lowest BCUT2D eigenvalue weighted by Gasteiger charge is -2.22. The van der Waals surface area contributed by atoms with E-state index in [4.69, 9.17) is 5.73 Å². The molecule has 0 unspecified atom stereocenters. The zero-order valence-corrected chi connectivity index (χ0v) is 13.3. The first-order valence-corrected chi connectivity index (χ1v) is 8.51. The van der Waals surface area contributed by atoms with Gasteiger partial charge in [-0.2, -0.15) is 0 Å². The number of rotatable bonds is 9. The van der Waals surface area contributed by atoms with Crippen LogP contribution in [0.2, 0.25) is 0 Å². The van der Waals surface area contributed by atoms with Gasteiger partial charge in [-0.25, -0.2) is 0 Å². The third kappa shape index (κ3) is 6.34.